The molecule has 0 heterocycles. The van der Waals surface area contributed by atoms with Crippen molar-refractivity contribution in [2.24, 2.45) is 0 Å². The summed E-state index contributed by atoms with van der Waals surface area (Å²) in [6.07, 6.45) is -1.11. The van der Waals surface area contributed by atoms with Gasteiger partial charge in [-0.05, 0) is 25.1 Å². The van der Waals surface area contributed by atoms with Crippen LogP contribution in [-0.4, -0.2) is 33.3 Å². The summed E-state index contributed by atoms with van der Waals surface area (Å²) < 4.78 is 36.3. The second-order valence-corrected chi connectivity index (χ2v) is 5.03. The van der Waals surface area contributed by atoms with Crippen LogP contribution >= 0.6 is 0 Å². The predicted molar refractivity (Wildman–Crippen MR) is 71.6 cm³/mol. The van der Waals surface area contributed by atoms with E-state index in [1.54, 1.807) is 11.6 Å². The van der Waals surface area contributed by atoms with Crippen LogP contribution in [-0.2, 0) is 21.6 Å². The zero-order valence-electron chi connectivity index (χ0n) is 11.0. The average Bonchev–Trinajstić information content (AvgIpc) is 2.39. The first-order valence-electron chi connectivity index (χ1n) is 5.67. The van der Waals surface area contributed by atoms with E-state index in [2.05, 4.69) is 9.46 Å². The van der Waals surface area contributed by atoms with Gasteiger partial charge in [0.05, 0.1) is 26.0 Å². The first-order valence-corrected chi connectivity index (χ1v) is 7.15. The highest BCUT2D eigenvalue weighted by Crippen LogP contribution is 2.23. The van der Waals surface area contributed by atoms with E-state index in [0.717, 1.165) is 7.11 Å². The molecule has 0 radical (unpaired) electrons. The summed E-state index contributed by atoms with van der Waals surface area (Å²) in [5.41, 5.74) is 0.596. The summed E-state index contributed by atoms with van der Waals surface area (Å²) in [6.45, 7) is 1.90. The number of rotatable bonds is 6. The van der Waals surface area contributed by atoms with Crippen molar-refractivity contribution < 1.29 is 27.8 Å². The standard InChI is InChI=1S/C11H16N2O6S/c1-3-19-10-5-4-9(6-8(10)7-14)12-20(16,17)13-11(15)18-2/h4-6,12,14H,3,7H2,1-2H3,(H,13,15). The van der Waals surface area contributed by atoms with Crippen LogP contribution < -0.4 is 14.2 Å². The van der Waals surface area contributed by atoms with Gasteiger partial charge in [0.15, 0.2) is 0 Å². The fourth-order valence-corrected chi connectivity index (χ4v) is 2.19. The maximum atomic E-state index is 11.6. The molecule has 3 N–H and O–H groups in total. The molecule has 0 aliphatic rings. The summed E-state index contributed by atoms with van der Waals surface area (Å²) >= 11 is 0. The lowest BCUT2D eigenvalue weighted by molar-refractivity contribution is 0.177. The van der Waals surface area contributed by atoms with Crippen molar-refractivity contribution in [3.63, 3.8) is 0 Å². The molecule has 8 nitrogen and oxygen atoms in total. The van der Waals surface area contributed by atoms with Gasteiger partial charge in [-0.2, -0.15) is 8.42 Å². The van der Waals surface area contributed by atoms with Gasteiger partial charge in [0.25, 0.3) is 0 Å². The van der Waals surface area contributed by atoms with E-state index < -0.39 is 16.3 Å². The Hall–Kier alpha value is -2.00. The van der Waals surface area contributed by atoms with Crippen LogP contribution in [0.2, 0.25) is 0 Å². The normalized spacial score (nSPS) is 10.8. The molecule has 0 atom stereocenters. The molecular weight excluding hydrogens is 288 g/mol. The number of aliphatic hydroxyl groups excluding tert-OH is 1. The molecule has 0 fully saturated rings. The minimum Gasteiger partial charge on any atom is -0.494 e. The molecule has 0 saturated heterocycles. The van der Waals surface area contributed by atoms with Crippen molar-refractivity contribution in [1.82, 2.24) is 4.72 Å². The second kappa shape index (κ2) is 6.96. The average molecular weight is 304 g/mol. The minimum absolute atomic E-state index is 0.175. The van der Waals surface area contributed by atoms with Crippen molar-refractivity contribution in [1.29, 1.82) is 0 Å². The Morgan fingerprint density at radius 3 is 2.65 bits per heavy atom. The fourth-order valence-electron chi connectivity index (χ4n) is 1.39. The third-order valence-electron chi connectivity index (χ3n) is 2.19. The van der Waals surface area contributed by atoms with Gasteiger partial charge in [-0.1, -0.05) is 0 Å². The lowest BCUT2D eigenvalue weighted by Crippen LogP contribution is -2.35. The van der Waals surface area contributed by atoms with E-state index in [1.807, 2.05) is 0 Å². The number of anilines is 1. The van der Waals surface area contributed by atoms with Crippen molar-refractivity contribution in [2.45, 2.75) is 13.5 Å². The van der Waals surface area contributed by atoms with Gasteiger partial charge in [-0.25, -0.2) is 9.52 Å². The number of aliphatic hydroxyl groups is 1. The quantitative estimate of drug-likeness (QED) is 0.708. The van der Waals surface area contributed by atoms with Crippen LogP contribution in [0.15, 0.2) is 18.2 Å². The number of ether oxygens (including phenoxy) is 2. The number of hydrogen-bond donors (Lipinski definition) is 3. The molecule has 0 bridgehead atoms. The van der Waals surface area contributed by atoms with Crippen molar-refractivity contribution in [3.05, 3.63) is 23.8 Å². The van der Waals surface area contributed by atoms with E-state index in [0.29, 0.717) is 17.9 Å². The molecule has 0 aromatic heterocycles. The molecule has 1 aromatic carbocycles. The van der Waals surface area contributed by atoms with E-state index in [1.165, 1.54) is 18.2 Å². The third kappa shape index (κ3) is 4.59. The monoisotopic (exact) mass is 304 g/mol. The zero-order valence-corrected chi connectivity index (χ0v) is 11.9. The van der Waals surface area contributed by atoms with E-state index in [-0.39, 0.29) is 12.3 Å². The second-order valence-electron chi connectivity index (χ2n) is 3.61. The summed E-state index contributed by atoms with van der Waals surface area (Å²) in [5, 5.41) is 9.20. The number of hydrogen-bond acceptors (Lipinski definition) is 6. The predicted octanol–water partition coefficient (Wildman–Crippen LogP) is 0.590. The van der Waals surface area contributed by atoms with E-state index in [4.69, 9.17) is 4.74 Å². The maximum Gasteiger partial charge on any atom is 0.422 e. The molecule has 9 heteroatoms. The Kier molecular flexibility index (Phi) is 5.59. The number of benzene rings is 1. The smallest absolute Gasteiger partial charge is 0.422 e. The molecule has 0 aliphatic carbocycles. The summed E-state index contributed by atoms with van der Waals surface area (Å²) in [5.74, 6) is 0.457. The van der Waals surface area contributed by atoms with Crippen LogP contribution in [0.4, 0.5) is 10.5 Å². The topological polar surface area (TPSA) is 114 Å². The van der Waals surface area contributed by atoms with Crippen LogP contribution in [0.25, 0.3) is 0 Å². The Bertz CT molecular complexity index is 572. The molecule has 0 aliphatic heterocycles. The van der Waals surface area contributed by atoms with Crippen LogP contribution in [0.5, 0.6) is 5.75 Å². The Labute approximate surface area is 116 Å². The van der Waals surface area contributed by atoms with Crippen LogP contribution in [0, 0.1) is 0 Å². The summed E-state index contributed by atoms with van der Waals surface area (Å²) in [7, 11) is -3.05. The first kappa shape index (κ1) is 16.1. The third-order valence-corrected chi connectivity index (χ3v) is 3.13. The van der Waals surface area contributed by atoms with Crippen molar-refractivity contribution >= 4 is 22.0 Å². The lowest BCUT2D eigenvalue weighted by Gasteiger charge is -2.12. The van der Waals surface area contributed by atoms with Crippen LogP contribution in [0.1, 0.15) is 12.5 Å². The zero-order chi connectivity index (χ0) is 15.2. The number of carbonyl (C=O) groups is 1. The number of carbonyl (C=O) groups excluding carboxylic acids is 1. The van der Waals surface area contributed by atoms with E-state index >= 15 is 0 Å². The fraction of sp³-hybridized carbons (Fsp3) is 0.364. The summed E-state index contributed by atoms with van der Waals surface area (Å²) in [4.78, 5) is 10.9. The molecule has 0 saturated carbocycles. The summed E-state index contributed by atoms with van der Waals surface area (Å²) in [6, 6.07) is 4.37. The molecule has 0 unspecified atom stereocenters. The van der Waals surface area contributed by atoms with Crippen molar-refractivity contribution in [3.8, 4) is 5.75 Å². The van der Waals surface area contributed by atoms with Gasteiger partial charge in [0.1, 0.15) is 5.75 Å². The number of nitrogens with one attached hydrogen (secondary N) is 2. The highest BCUT2D eigenvalue weighted by molar-refractivity contribution is 7.91. The van der Waals surface area contributed by atoms with Gasteiger partial charge in [-0.3, -0.25) is 4.72 Å². The van der Waals surface area contributed by atoms with Gasteiger partial charge in [-0.15, -0.1) is 0 Å². The lowest BCUT2D eigenvalue weighted by atomic mass is 10.2. The van der Waals surface area contributed by atoms with E-state index in [9.17, 15) is 18.3 Å². The van der Waals surface area contributed by atoms with Gasteiger partial charge in [0, 0.05) is 5.56 Å². The largest absolute Gasteiger partial charge is 0.494 e. The number of amides is 1. The highest BCUT2D eigenvalue weighted by Gasteiger charge is 2.15. The first-order chi connectivity index (χ1) is 9.41. The van der Waals surface area contributed by atoms with Crippen LogP contribution in [0.3, 0.4) is 0 Å². The van der Waals surface area contributed by atoms with Gasteiger partial charge < -0.3 is 14.6 Å². The van der Waals surface area contributed by atoms with Gasteiger partial charge in [0.2, 0.25) is 0 Å². The number of methoxy groups -OCH3 is 1. The molecular formula is C11H16N2O6S. The van der Waals surface area contributed by atoms with Crippen molar-refractivity contribution in [2.75, 3.05) is 18.4 Å². The molecule has 112 valence electrons. The Morgan fingerprint density at radius 1 is 1.40 bits per heavy atom. The maximum absolute atomic E-state index is 11.6. The Balaban J connectivity index is 2.90. The molecule has 1 rings (SSSR count). The molecule has 1 amide bonds. The molecule has 20 heavy (non-hydrogen) atoms. The Morgan fingerprint density at radius 2 is 2.10 bits per heavy atom. The molecule has 1 aromatic rings. The highest BCUT2D eigenvalue weighted by atomic mass is 32.2. The minimum atomic E-state index is -4.09. The SMILES string of the molecule is CCOc1ccc(NS(=O)(=O)NC(=O)OC)cc1CO. The molecule has 0 spiro atoms. The van der Waals surface area contributed by atoms with Gasteiger partial charge >= 0.3 is 16.3 Å².